The highest BCUT2D eigenvalue weighted by atomic mass is 16.2. The van der Waals surface area contributed by atoms with Gasteiger partial charge in [-0.2, -0.15) is 5.10 Å². The summed E-state index contributed by atoms with van der Waals surface area (Å²) in [4.78, 5) is 36.0. The van der Waals surface area contributed by atoms with Crippen molar-refractivity contribution in [3.05, 3.63) is 109 Å². The van der Waals surface area contributed by atoms with E-state index in [1.54, 1.807) is 30.5 Å². The molecule has 204 valence electrons. The minimum Gasteiger partial charge on any atom is -0.350 e. The first kappa shape index (κ1) is 25.9. The molecular weight excluding hydrogens is 514 g/mol. The van der Waals surface area contributed by atoms with Crippen LogP contribution in [-0.4, -0.2) is 55.4 Å². The maximum Gasteiger partial charge on any atom is 0.253 e. The maximum absolute atomic E-state index is 13.2. The van der Waals surface area contributed by atoms with Gasteiger partial charge in [-0.25, -0.2) is 14.5 Å². The molecule has 1 unspecified atom stereocenters. The third-order valence-corrected chi connectivity index (χ3v) is 7.13. The molecular formula is C32H29N7O2. The topological polar surface area (TPSA) is 105 Å². The number of carbonyl (C=O) groups excluding carboxylic acids is 2. The molecule has 9 heteroatoms. The molecule has 6 rings (SSSR count). The highest BCUT2D eigenvalue weighted by molar-refractivity contribution is 6.00. The number of carbonyl (C=O) groups is 2. The number of hydrogen-bond acceptors (Lipinski definition) is 6. The van der Waals surface area contributed by atoms with Crippen LogP contribution >= 0.6 is 0 Å². The highest BCUT2D eigenvalue weighted by Gasteiger charge is 2.25. The standard InChI is InChI=1S/C32H29N7O2/c1-2-28(40)34-24-15-13-23(14-16-24)31(41)38-19-8-11-25(21-38)35-32-33-18-17-26(36-32)29-27-12-6-7-20-39(27)37-30(29)22-9-4-3-5-10-22/h2-7,9-10,12-18,20,25H,1,8,11,19,21H2,(H,34,40)(H,33,35,36). The van der Waals surface area contributed by atoms with Gasteiger partial charge in [0.25, 0.3) is 5.91 Å². The highest BCUT2D eigenvalue weighted by Crippen LogP contribution is 2.34. The van der Waals surface area contributed by atoms with Gasteiger partial charge in [0.1, 0.15) is 5.69 Å². The Labute approximate surface area is 237 Å². The Morgan fingerprint density at radius 2 is 1.78 bits per heavy atom. The zero-order chi connectivity index (χ0) is 28.2. The molecule has 1 aliphatic rings. The molecule has 0 bridgehead atoms. The summed E-state index contributed by atoms with van der Waals surface area (Å²) in [6, 6.07) is 24.9. The van der Waals surface area contributed by atoms with Gasteiger partial charge in [0.05, 0.1) is 16.8 Å². The average Bonchev–Trinajstić information content (AvgIpc) is 3.41. The summed E-state index contributed by atoms with van der Waals surface area (Å²) in [5, 5.41) is 11.0. The van der Waals surface area contributed by atoms with Crippen molar-refractivity contribution in [2.45, 2.75) is 18.9 Å². The number of pyridine rings is 1. The Kier molecular flexibility index (Phi) is 7.23. The summed E-state index contributed by atoms with van der Waals surface area (Å²) in [6.07, 6.45) is 6.66. The van der Waals surface area contributed by atoms with Crippen molar-refractivity contribution in [2.75, 3.05) is 23.7 Å². The molecule has 1 fully saturated rings. The van der Waals surface area contributed by atoms with Crippen LogP contribution in [0.25, 0.3) is 28.0 Å². The lowest BCUT2D eigenvalue weighted by Gasteiger charge is -2.33. The molecule has 2 N–H and O–H groups in total. The van der Waals surface area contributed by atoms with Crippen molar-refractivity contribution in [2.24, 2.45) is 0 Å². The van der Waals surface area contributed by atoms with Crippen LogP contribution in [-0.2, 0) is 4.79 Å². The van der Waals surface area contributed by atoms with Crippen LogP contribution in [0.5, 0.6) is 0 Å². The molecule has 0 radical (unpaired) electrons. The van der Waals surface area contributed by atoms with Gasteiger partial charge in [0.15, 0.2) is 0 Å². The van der Waals surface area contributed by atoms with Gasteiger partial charge in [0.2, 0.25) is 11.9 Å². The van der Waals surface area contributed by atoms with Crippen molar-refractivity contribution in [1.29, 1.82) is 0 Å². The lowest BCUT2D eigenvalue weighted by atomic mass is 10.0. The van der Waals surface area contributed by atoms with E-state index in [1.165, 1.54) is 6.08 Å². The van der Waals surface area contributed by atoms with Crippen LogP contribution in [0.15, 0.2) is 104 Å². The van der Waals surface area contributed by atoms with E-state index in [0.29, 0.717) is 30.3 Å². The van der Waals surface area contributed by atoms with Crippen molar-refractivity contribution in [3.8, 4) is 22.5 Å². The second kappa shape index (κ2) is 11.4. The van der Waals surface area contributed by atoms with E-state index in [0.717, 1.165) is 40.9 Å². The Morgan fingerprint density at radius 3 is 2.59 bits per heavy atom. The van der Waals surface area contributed by atoms with E-state index in [2.05, 4.69) is 22.2 Å². The number of amides is 2. The van der Waals surface area contributed by atoms with Gasteiger partial charge in [-0.15, -0.1) is 0 Å². The Balaban J connectivity index is 1.21. The van der Waals surface area contributed by atoms with Gasteiger partial charge in [0, 0.05) is 48.3 Å². The average molecular weight is 544 g/mol. The zero-order valence-corrected chi connectivity index (χ0v) is 22.4. The maximum atomic E-state index is 13.2. The molecule has 2 amide bonds. The zero-order valence-electron chi connectivity index (χ0n) is 22.4. The third kappa shape index (κ3) is 5.56. The number of nitrogens with one attached hydrogen (secondary N) is 2. The van der Waals surface area contributed by atoms with Crippen LogP contribution < -0.4 is 10.6 Å². The summed E-state index contributed by atoms with van der Waals surface area (Å²) in [5.74, 6) is 0.170. The van der Waals surface area contributed by atoms with Crippen LogP contribution in [0.1, 0.15) is 23.2 Å². The number of likely N-dealkylation sites (tertiary alicyclic amines) is 1. The number of hydrogen-bond donors (Lipinski definition) is 2. The van der Waals surface area contributed by atoms with Gasteiger partial charge >= 0.3 is 0 Å². The fourth-order valence-electron chi connectivity index (χ4n) is 5.15. The number of benzene rings is 2. The van der Waals surface area contributed by atoms with Gasteiger partial charge in [-0.1, -0.05) is 43.0 Å². The normalized spacial score (nSPS) is 14.9. The lowest BCUT2D eigenvalue weighted by Crippen LogP contribution is -2.45. The van der Waals surface area contributed by atoms with Crippen molar-refractivity contribution in [1.82, 2.24) is 24.5 Å². The molecule has 41 heavy (non-hydrogen) atoms. The van der Waals surface area contributed by atoms with E-state index in [-0.39, 0.29) is 17.9 Å². The second-order valence-corrected chi connectivity index (χ2v) is 9.89. The van der Waals surface area contributed by atoms with Crippen LogP contribution in [0.3, 0.4) is 0 Å². The van der Waals surface area contributed by atoms with Crippen molar-refractivity contribution in [3.63, 3.8) is 0 Å². The SMILES string of the molecule is C=CC(=O)Nc1ccc(C(=O)N2CCCC(Nc3nccc(-c4c(-c5ccccc5)nn5ccccc45)n3)C2)cc1. The summed E-state index contributed by atoms with van der Waals surface area (Å²) < 4.78 is 1.87. The first-order valence-corrected chi connectivity index (χ1v) is 13.5. The molecule has 0 saturated carbocycles. The molecule has 1 aliphatic heterocycles. The van der Waals surface area contributed by atoms with Crippen LogP contribution in [0, 0.1) is 0 Å². The predicted molar refractivity (Wildman–Crippen MR) is 159 cm³/mol. The van der Waals surface area contributed by atoms with Crippen LogP contribution in [0.2, 0.25) is 0 Å². The number of piperidine rings is 1. The molecule has 2 aromatic carbocycles. The molecule has 1 atom stereocenters. The summed E-state index contributed by atoms with van der Waals surface area (Å²) >= 11 is 0. The van der Waals surface area contributed by atoms with E-state index in [9.17, 15) is 9.59 Å². The number of rotatable bonds is 7. The largest absolute Gasteiger partial charge is 0.350 e. The fraction of sp³-hybridized carbons (Fsp3) is 0.156. The van der Waals surface area contributed by atoms with E-state index in [1.807, 2.05) is 70.2 Å². The molecule has 0 aliphatic carbocycles. The fourth-order valence-corrected chi connectivity index (χ4v) is 5.15. The third-order valence-electron chi connectivity index (χ3n) is 7.13. The number of fused-ring (bicyclic) bond motifs is 1. The first-order chi connectivity index (χ1) is 20.1. The van der Waals surface area contributed by atoms with E-state index >= 15 is 0 Å². The number of aromatic nitrogens is 4. The Bertz CT molecular complexity index is 1710. The summed E-state index contributed by atoms with van der Waals surface area (Å²) in [7, 11) is 0. The van der Waals surface area contributed by atoms with Gasteiger partial charge in [-0.3, -0.25) is 9.59 Å². The lowest BCUT2D eigenvalue weighted by molar-refractivity contribution is -0.111. The monoisotopic (exact) mass is 543 g/mol. The molecule has 0 spiro atoms. The number of anilines is 2. The van der Waals surface area contributed by atoms with E-state index < -0.39 is 0 Å². The number of nitrogens with zero attached hydrogens (tertiary/aromatic N) is 5. The van der Waals surface area contributed by atoms with Gasteiger partial charge < -0.3 is 15.5 Å². The molecule has 5 aromatic rings. The van der Waals surface area contributed by atoms with Crippen molar-refractivity contribution < 1.29 is 9.59 Å². The molecule has 3 aromatic heterocycles. The van der Waals surface area contributed by atoms with Crippen molar-refractivity contribution >= 4 is 29.0 Å². The predicted octanol–water partition coefficient (Wildman–Crippen LogP) is 5.30. The summed E-state index contributed by atoms with van der Waals surface area (Å²) in [5.41, 5.74) is 5.72. The smallest absolute Gasteiger partial charge is 0.253 e. The van der Waals surface area contributed by atoms with E-state index in [4.69, 9.17) is 10.1 Å². The summed E-state index contributed by atoms with van der Waals surface area (Å²) in [6.45, 7) is 4.67. The van der Waals surface area contributed by atoms with Crippen LogP contribution in [0.4, 0.5) is 11.6 Å². The minimum absolute atomic E-state index is 0.00611. The molecule has 1 saturated heterocycles. The molecule has 9 nitrogen and oxygen atoms in total. The Morgan fingerprint density at radius 1 is 0.976 bits per heavy atom. The quantitative estimate of drug-likeness (QED) is 0.270. The minimum atomic E-state index is -0.293. The Hall–Kier alpha value is -5.31. The first-order valence-electron chi connectivity index (χ1n) is 13.5. The second-order valence-electron chi connectivity index (χ2n) is 9.89. The molecule has 4 heterocycles. The van der Waals surface area contributed by atoms with Gasteiger partial charge in [-0.05, 0) is 61.4 Å².